The Bertz CT molecular complexity index is 419. The largest absolute Gasteiger partial charge is 0.304 e. The topological polar surface area (TPSA) is 23.8 Å². The Morgan fingerprint density at radius 1 is 1.31 bits per heavy atom. The van der Waals surface area contributed by atoms with Crippen molar-refractivity contribution in [3.8, 4) is 6.07 Å². The van der Waals surface area contributed by atoms with Crippen LogP contribution in [-0.4, -0.2) is 25.6 Å². The molecule has 0 aliphatic carbocycles. The van der Waals surface area contributed by atoms with Crippen LogP contribution in [0.2, 0.25) is 5.02 Å². The van der Waals surface area contributed by atoms with Crippen LogP contribution in [0.25, 0.3) is 5.57 Å². The predicted molar refractivity (Wildman–Crippen MR) is 67.7 cm³/mol. The van der Waals surface area contributed by atoms with Crippen molar-refractivity contribution in [1.29, 1.82) is 5.26 Å². The van der Waals surface area contributed by atoms with E-state index in [4.69, 9.17) is 16.9 Å². The van der Waals surface area contributed by atoms with E-state index in [9.17, 15) is 0 Å². The number of benzene rings is 1. The summed E-state index contributed by atoms with van der Waals surface area (Å²) in [4.78, 5) is 0. The van der Waals surface area contributed by atoms with Gasteiger partial charge in [-0.1, -0.05) is 23.7 Å². The van der Waals surface area contributed by atoms with E-state index < -0.39 is 0 Å². The molecule has 0 saturated heterocycles. The smallest absolute Gasteiger partial charge is 0.100 e. The number of halogens is 1. The molecular formula is C13H16ClN2+. The number of nitrogens with zero attached hydrogens (tertiary/aromatic N) is 2. The Hall–Kier alpha value is -1.30. The SMILES string of the molecule is C[N+](C)(C)/C=C(\CC#N)c1ccc(Cl)cc1. The lowest BCUT2D eigenvalue weighted by Gasteiger charge is -2.19. The third kappa shape index (κ3) is 4.06. The molecule has 0 bridgehead atoms. The second kappa shape index (κ2) is 5.16. The highest BCUT2D eigenvalue weighted by Crippen LogP contribution is 2.21. The van der Waals surface area contributed by atoms with Crippen molar-refractivity contribution < 1.29 is 4.48 Å². The monoisotopic (exact) mass is 235 g/mol. The maximum Gasteiger partial charge on any atom is 0.100 e. The summed E-state index contributed by atoms with van der Waals surface area (Å²) in [6.07, 6.45) is 2.49. The number of hydrogen-bond acceptors (Lipinski definition) is 1. The van der Waals surface area contributed by atoms with Crippen molar-refractivity contribution in [2.75, 3.05) is 21.1 Å². The lowest BCUT2D eigenvalue weighted by Crippen LogP contribution is -2.27. The molecule has 0 spiro atoms. The van der Waals surface area contributed by atoms with Crippen LogP contribution in [-0.2, 0) is 0 Å². The summed E-state index contributed by atoms with van der Waals surface area (Å²) in [5, 5.41) is 9.54. The van der Waals surface area contributed by atoms with Gasteiger partial charge in [0.15, 0.2) is 0 Å². The maximum absolute atomic E-state index is 8.83. The zero-order valence-electron chi connectivity index (χ0n) is 9.87. The van der Waals surface area contributed by atoms with E-state index in [1.165, 1.54) is 0 Å². The van der Waals surface area contributed by atoms with E-state index in [2.05, 4.69) is 33.4 Å². The summed E-state index contributed by atoms with van der Waals surface area (Å²) < 4.78 is 0.694. The van der Waals surface area contributed by atoms with Crippen molar-refractivity contribution in [3.63, 3.8) is 0 Å². The van der Waals surface area contributed by atoms with Gasteiger partial charge in [-0.3, -0.25) is 0 Å². The van der Waals surface area contributed by atoms with Crippen LogP contribution in [0.3, 0.4) is 0 Å². The molecule has 0 atom stereocenters. The fourth-order valence-electron chi connectivity index (χ4n) is 1.44. The summed E-state index contributed by atoms with van der Waals surface area (Å²) in [6.45, 7) is 0. The quantitative estimate of drug-likeness (QED) is 0.738. The maximum atomic E-state index is 8.83. The second-order valence-corrected chi connectivity index (χ2v) is 5.05. The third-order valence-corrected chi connectivity index (χ3v) is 2.28. The number of allylic oxidation sites excluding steroid dienone is 1. The third-order valence-electron chi connectivity index (χ3n) is 2.03. The first-order valence-corrected chi connectivity index (χ1v) is 5.46. The molecule has 0 aliphatic rings. The molecule has 2 nitrogen and oxygen atoms in total. The molecule has 0 amide bonds. The fraction of sp³-hybridized carbons (Fsp3) is 0.308. The van der Waals surface area contributed by atoms with Gasteiger partial charge >= 0.3 is 0 Å². The molecule has 0 N–H and O–H groups in total. The van der Waals surface area contributed by atoms with Gasteiger partial charge in [-0.15, -0.1) is 0 Å². The zero-order valence-corrected chi connectivity index (χ0v) is 10.6. The van der Waals surface area contributed by atoms with E-state index in [1.807, 2.05) is 24.3 Å². The molecule has 1 rings (SSSR count). The Labute approximate surface area is 102 Å². The Kier molecular flexibility index (Phi) is 4.12. The molecular weight excluding hydrogens is 220 g/mol. The summed E-state index contributed by atoms with van der Waals surface area (Å²) >= 11 is 5.84. The molecule has 0 unspecified atom stereocenters. The van der Waals surface area contributed by atoms with E-state index in [1.54, 1.807) is 0 Å². The number of nitriles is 1. The van der Waals surface area contributed by atoms with Crippen LogP contribution in [0.5, 0.6) is 0 Å². The molecule has 3 heteroatoms. The molecule has 1 aromatic rings. The van der Waals surface area contributed by atoms with E-state index >= 15 is 0 Å². The Balaban J connectivity index is 3.09. The van der Waals surface area contributed by atoms with Gasteiger partial charge in [-0.05, 0) is 17.7 Å². The van der Waals surface area contributed by atoms with Gasteiger partial charge in [0.05, 0.1) is 33.6 Å². The molecule has 84 valence electrons. The molecule has 0 saturated carbocycles. The Morgan fingerprint density at radius 3 is 2.31 bits per heavy atom. The summed E-state index contributed by atoms with van der Waals surface area (Å²) in [5.41, 5.74) is 2.09. The van der Waals surface area contributed by atoms with Crippen LogP contribution < -0.4 is 0 Å². The van der Waals surface area contributed by atoms with E-state index in [-0.39, 0.29) is 0 Å². The zero-order chi connectivity index (χ0) is 12.2. The highest BCUT2D eigenvalue weighted by Gasteiger charge is 2.09. The van der Waals surface area contributed by atoms with Gasteiger partial charge < -0.3 is 4.48 Å². The first-order chi connectivity index (χ1) is 7.42. The molecule has 0 aromatic heterocycles. The first-order valence-electron chi connectivity index (χ1n) is 5.08. The van der Waals surface area contributed by atoms with Crippen molar-refractivity contribution in [2.45, 2.75) is 6.42 Å². The van der Waals surface area contributed by atoms with Crippen LogP contribution in [0, 0.1) is 11.3 Å². The van der Waals surface area contributed by atoms with Crippen molar-refractivity contribution in [2.24, 2.45) is 0 Å². The van der Waals surface area contributed by atoms with Gasteiger partial charge in [-0.25, -0.2) is 0 Å². The summed E-state index contributed by atoms with van der Waals surface area (Å²) in [7, 11) is 6.19. The molecule has 0 fully saturated rings. The molecule has 0 radical (unpaired) electrons. The number of rotatable bonds is 3. The minimum Gasteiger partial charge on any atom is -0.304 e. The standard InChI is InChI=1S/C13H16ClN2/c1-16(2,3)10-12(8-9-15)11-4-6-13(14)7-5-11/h4-7,10H,8H2,1-3H3/q+1/b12-10+. The van der Waals surface area contributed by atoms with Crippen molar-refractivity contribution in [3.05, 3.63) is 41.1 Å². The highest BCUT2D eigenvalue weighted by molar-refractivity contribution is 6.30. The molecule has 0 aliphatic heterocycles. The minimum atomic E-state index is 0.414. The minimum absolute atomic E-state index is 0.414. The van der Waals surface area contributed by atoms with Gasteiger partial charge in [0.2, 0.25) is 0 Å². The second-order valence-electron chi connectivity index (χ2n) is 4.61. The molecule has 1 aromatic carbocycles. The van der Waals surface area contributed by atoms with E-state index in [0.29, 0.717) is 15.9 Å². The average molecular weight is 236 g/mol. The molecule has 0 heterocycles. The van der Waals surface area contributed by atoms with Crippen molar-refractivity contribution >= 4 is 17.2 Å². The van der Waals surface area contributed by atoms with Gasteiger partial charge in [-0.2, -0.15) is 5.26 Å². The van der Waals surface area contributed by atoms with Gasteiger partial charge in [0.1, 0.15) is 6.20 Å². The first kappa shape index (κ1) is 12.8. The van der Waals surface area contributed by atoms with Gasteiger partial charge in [0, 0.05) is 10.6 Å². The lowest BCUT2D eigenvalue weighted by molar-refractivity contribution is -0.816. The van der Waals surface area contributed by atoms with Gasteiger partial charge in [0.25, 0.3) is 0 Å². The summed E-state index contributed by atoms with van der Waals surface area (Å²) in [5.74, 6) is 0. The van der Waals surface area contributed by atoms with Crippen molar-refractivity contribution in [1.82, 2.24) is 0 Å². The predicted octanol–water partition coefficient (Wildman–Crippen LogP) is 3.30. The molecule has 16 heavy (non-hydrogen) atoms. The summed E-state index contributed by atoms with van der Waals surface area (Å²) in [6, 6.07) is 9.77. The fourth-order valence-corrected chi connectivity index (χ4v) is 1.56. The van der Waals surface area contributed by atoms with Crippen LogP contribution in [0.15, 0.2) is 30.5 Å². The van der Waals surface area contributed by atoms with Crippen LogP contribution in [0.1, 0.15) is 12.0 Å². The normalized spacial score (nSPS) is 12.3. The number of hydrogen-bond donors (Lipinski definition) is 0. The lowest BCUT2D eigenvalue weighted by atomic mass is 10.0. The van der Waals surface area contributed by atoms with Crippen LogP contribution >= 0.6 is 11.6 Å². The van der Waals surface area contributed by atoms with Crippen LogP contribution in [0.4, 0.5) is 0 Å². The average Bonchev–Trinajstić information content (AvgIpc) is 2.16. The number of quaternary nitrogens is 1. The Morgan fingerprint density at radius 2 is 1.88 bits per heavy atom. The highest BCUT2D eigenvalue weighted by atomic mass is 35.5. The van der Waals surface area contributed by atoms with E-state index in [0.717, 1.165) is 11.1 Å².